The van der Waals surface area contributed by atoms with Crippen LogP contribution in [0.25, 0.3) is 0 Å². The van der Waals surface area contributed by atoms with Crippen LogP contribution in [-0.2, 0) is 6.54 Å². The molecule has 0 radical (unpaired) electrons. The summed E-state index contributed by atoms with van der Waals surface area (Å²) < 4.78 is 5.81. The zero-order valence-electron chi connectivity index (χ0n) is 12.6. The SMILES string of the molecule is CCCCCCOc1ccc([N+](=O)[O-])cc1CNC1CC1. The van der Waals surface area contributed by atoms with Gasteiger partial charge < -0.3 is 10.1 Å². The number of unbranched alkanes of at least 4 members (excludes halogenated alkanes) is 3. The van der Waals surface area contributed by atoms with Crippen LogP contribution in [-0.4, -0.2) is 17.6 Å². The van der Waals surface area contributed by atoms with Gasteiger partial charge in [0.25, 0.3) is 5.69 Å². The van der Waals surface area contributed by atoms with E-state index in [1.807, 2.05) is 0 Å². The lowest BCUT2D eigenvalue weighted by atomic mass is 10.1. The number of nitro groups is 1. The fraction of sp³-hybridized carbons (Fsp3) is 0.625. The third-order valence-corrected chi connectivity index (χ3v) is 3.67. The molecule has 0 aliphatic heterocycles. The number of nitrogens with zero attached hydrogens (tertiary/aromatic N) is 1. The highest BCUT2D eigenvalue weighted by Crippen LogP contribution is 2.26. The molecule has 0 heterocycles. The van der Waals surface area contributed by atoms with Crippen molar-refractivity contribution in [3.8, 4) is 5.75 Å². The molecule has 1 fully saturated rings. The molecule has 0 unspecified atom stereocenters. The minimum atomic E-state index is -0.356. The standard InChI is InChI=1S/C16H24N2O3/c1-2-3-4-5-10-21-16-9-8-15(18(19)20)11-13(16)12-17-14-6-7-14/h8-9,11,14,17H,2-7,10,12H2,1H3. The Balaban J connectivity index is 1.94. The molecule has 21 heavy (non-hydrogen) atoms. The maximum absolute atomic E-state index is 10.9. The van der Waals surface area contributed by atoms with Crippen molar-refractivity contribution in [3.05, 3.63) is 33.9 Å². The summed E-state index contributed by atoms with van der Waals surface area (Å²) in [5.74, 6) is 0.769. The predicted molar refractivity (Wildman–Crippen MR) is 82.6 cm³/mol. The maximum atomic E-state index is 10.9. The average Bonchev–Trinajstić information content (AvgIpc) is 3.29. The number of nitrogens with one attached hydrogen (secondary N) is 1. The molecule has 2 rings (SSSR count). The molecule has 0 atom stereocenters. The van der Waals surface area contributed by atoms with Crippen LogP contribution in [0.3, 0.4) is 0 Å². The van der Waals surface area contributed by atoms with E-state index in [-0.39, 0.29) is 10.6 Å². The largest absolute Gasteiger partial charge is 0.493 e. The van der Waals surface area contributed by atoms with Crippen molar-refractivity contribution >= 4 is 5.69 Å². The topological polar surface area (TPSA) is 64.4 Å². The third-order valence-electron chi connectivity index (χ3n) is 3.67. The highest BCUT2D eigenvalue weighted by atomic mass is 16.6. The minimum absolute atomic E-state index is 0.126. The number of ether oxygens (including phenoxy) is 1. The first-order valence-electron chi connectivity index (χ1n) is 7.84. The van der Waals surface area contributed by atoms with E-state index in [1.54, 1.807) is 12.1 Å². The van der Waals surface area contributed by atoms with Gasteiger partial charge in [-0.1, -0.05) is 26.2 Å². The van der Waals surface area contributed by atoms with Crippen molar-refractivity contribution in [1.82, 2.24) is 5.32 Å². The molecule has 1 saturated carbocycles. The number of benzene rings is 1. The van der Waals surface area contributed by atoms with Gasteiger partial charge >= 0.3 is 0 Å². The lowest BCUT2D eigenvalue weighted by Crippen LogP contribution is -2.16. The van der Waals surface area contributed by atoms with Crippen LogP contribution in [0.4, 0.5) is 5.69 Å². The van der Waals surface area contributed by atoms with E-state index >= 15 is 0 Å². The number of rotatable bonds is 10. The molecule has 0 spiro atoms. The Labute approximate surface area is 125 Å². The van der Waals surface area contributed by atoms with Gasteiger partial charge in [0.05, 0.1) is 11.5 Å². The molecule has 5 heteroatoms. The summed E-state index contributed by atoms with van der Waals surface area (Å²) in [6.45, 7) is 3.49. The van der Waals surface area contributed by atoms with Crippen LogP contribution in [0.1, 0.15) is 51.0 Å². The second kappa shape index (κ2) is 7.98. The van der Waals surface area contributed by atoms with E-state index in [4.69, 9.17) is 4.74 Å². The lowest BCUT2D eigenvalue weighted by molar-refractivity contribution is -0.384. The van der Waals surface area contributed by atoms with Gasteiger partial charge in [-0.3, -0.25) is 10.1 Å². The second-order valence-electron chi connectivity index (χ2n) is 5.61. The number of hydrogen-bond donors (Lipinski definition) is 1. The van der Waals surface area contributed by atoms with Crippen LogP contribution < -0.4 is 10.1 Å². The molecule has 0 aromatic heterocycles. The molecule has 116 valence electrons. The van der Waals surface area contributed by atoms with Crippen LogP contribution >= 0.6 is 0 Å². The van der Waals surface area contributed by atoms with Gasteiger partial charge in [0.2, 0.25) is 0 Å². The van der Waals surface area contributed by atoms with E-state index < -0.39 is 0 Å². The molecule has 0 amide bonds. The normalized spacial score (nSPS) is 14.1. The highest BCUT2D eigenvalue weighted by molar-refractivity contribution is 5.43. The first-order valence-corrected chi connectivity index (χ1v) is 7.84. The summed E-state index contributed by atoms with van der Waals surface area (Å²) in [5, 5.41) is 14.3. The molecular formula is C16H24N2O3. The first kappa shape index (κ1) is 15.8. The van der Waals surface area contributed by atoms with Gasteiger partial charge in [-0.2, -0.15) is 0 Å². The molecule has 0 bridgehead atoms. The summed E-state index contributed by atoms with van der Waals surface area (Å²) in [4.78, 5) is 10.5. The average molecular weight is 292 g/mol. The van der Waals surface area contributed by atoms with Crippen molar-refractivity contribution in [1.29, 1.82) is 0 Å². The predicted octanol–water partition coefficient (Wildman–Crippen LogP) is 3.81. The molecule has 1 aliphatic rings. The molecule has 1 N–H and O–H groups in total. The summed E-state index contributed by atoms with van der Waals surface area (Å²) >= 11 is 0. The zero-order chi connectivity index (χ0) is 15.1. The molecule has 1 aliphatic carbocycles. The van der Waals surface area contributed by atoms with E-state index in [2.05, 4.69) is 12.2 Å². The monoisotopic (exact) mass is 292 g/mol. The Morgan fingerprint density at radius 3 is 2.81 bits per heavy atom. The van der Waals surface area contributed by atoms with Crippen molar-refractivity contribution in [2.75, 3.05) is 6.61 Å². The minimum Gasteiger partial charge on any atom is -0.493 e. The third kappa shape index (κ3) is 5.34. The van der Waals surface area contributed by atoms with Crippen LogP contribution in [0, 0.1) is 10.1 Å². The number of non-ortho nitro benzene ring substituents is 1. The fourth-order valence-corrected chi connectivity index (χ4v) is 2.21. The Hall–Kier alpha value is -1.62. The maximum Gasteiger partial charge on any atom is 0.270 e. The van der Waals surface area contributed by atoms with Crippen molar-refractivity contribution in [2.24, 2.45) is 0 Å². The smallest absolute Gasteiger partial charge is 0.270 e. The van der Waals surface area contributed by atoms with Crippen molar-refractivity contribution in [2.45, 2.75) is 58.0 Å². The number of nitro benzene ring substituents is 1. The molecular weight excluding hydrogens is 268 g/mol. The first-order chi connectivity index (χ1) is 10.2. The van der Waals surface area contributed by atoms with E-state index in [9.17, 15) is 10.1 Å². The molecule has 1 aromatic rings. The summed E-state index contributed by atoms with van der Waals surface area (Å²) in [6, 6.07) is 5.43. The molecule has 0 saturated heterocycles. The lowest BCUT2D eigenvalue weighted by Gasteiger charge is -2.12. The van der Waals surface area contributed by atoms with Gasteiger partial charge in [0.15, 0.2) is 0 Å². The summed E-state index contributed by atoms with van der Waals surface area (Å²) in [6.07, 6.45) is 7.01. The van der Waals surface area contributed by atoms with Gasteiger partial charge in [-0.15, -0.1) is 0 Å². The summed E-state index contributed by atoms with van der Waals surface area (Å²) in [7, 11) is 0. The Morgan fingerprint density at radius 2 is 2.14 bits per heavy atom. The Morgan fingerprint density at radius 1 is 1.33 bits per heavy atom. The Bertz CT molecular complexity index is 473. The van der Waals surface area contributed by atoms with Crippen LogP contribution in [0.2, 0.25) is 0 Å². The van der Waals surface area contributed by atoms with Gasteiger partial charge in [0.1, 0.15) is 5.75 Å². The van der Waals surface area contributed by atoms with E-state index in [0.717, 1.165) is 17.7 Å². The highest BCUT2D eigenvalue weighted by Gasteiger charge is 2.21. The zero-order valence-corrected chi connectivity index (χ0v) is 12.6. The van der Waals surface area contributed by atoms with Gasteiger partial charge in [-0.05, 0) is 25.3 Å². The van der Waals surface area contributed by atoms with Crippen LogP contribution in [0.15, 0.2) is 18.2 Å². The van der Waals surface area contributed by atoms with Crippen LogP contribution in [0.5, 0.6) is 5.75 Å². The Kier molecular flexibility index (Phi) is 5.99. The van der Waals surface area contributed by atoms with Crippen molar-refractivity contribution < 1.29 is 9.66 Å². The fourth-order valence-electron chi connectivity index (χ4n) is 2.21. The molecule has 5 nitrogen and oxygen atoms in total. The van der Waals surface area contributed by atoms with Crippen molar-refractivity contribution in [3.63, 3.8) is 0 Å². The quantitative estimate of drug-likeness (QED) is 0.404. The van der Waals surface area contributed by atoms with Gasteiger partial charge in [-0.25, -0.2) is 0 Å². The van der Waals surface area contributed by atoms with E-state index in [0.29, 0.717) is 19.2 Å². The molecule has 1 aromatic carbocycles. The van der Waals surface area contributed by atoms with Gasteiger partial charge in [0, 0.05) is 30.3 Å². The van der Waals surface area contributed by atoms with E-state index in [1.165, 1.54) is 38.2 Å². The summed E-state index contributed by atoms with van der Waals surface area (Å²) in [5.41, 5.74) is 1.01. The number of hydrogen-bond acceptors (Lipinski definition) is 4. The second-order valence-corrected chi connectivity index (χ2v) is 5.61.